The maximum atomic E-state index is 13.7. The molecule has 0 aliphatic rings. The molecule has 0 saturated heterocycles. The van der Waals surface area contributed by atoms with Gasteiger partial charge in [-0.3, -0.25) is 4.79 Å². The summed E-state index contributed by atoms with van der Waals surface area (Å²) in [6.45, 7) is 3.45. The first-order chi connectivity index (χ1) is 6.91. The fourth-order valence-electron chi connectivity index (χ4n) is 1.37. The van der Waals surface area contributed by atoms with Crippen molar-refractivity contribution in [3.63, 3.8) is 0 Å². The Morgan fingerprint density at radius 2 is 2.20 bits per heavy atom. The third-order valence-electron chi connectivity index (χ3n) is 2.67. The summed E-state index contributed by atoms with van der Waals surface area (Å²) in [5.41, 5.74) is -0.611. The number of rotatable bonds is 3. The lowest BCUT2D eigenvalue weighted by Gasteiger charge is -2.24. The van der Waals surface area contributed by atoms with Gasteiger partial charge in [-0.2, -0.15) is 0 Å². The van der Waals surface area contributed by atoms with E-state index in [2.05, 4.69) is 15.9 Å². The van der Waals surface area contributed by atoms with Gasteiger partial charge in [0.1, 0.15) is 5.82 Å². The summed E-state index contributed by atoms with van der Waals surface area (Å²) >= 11 is 8.68. The van der Waals surface area contributed by atoms with E-state index in [0.717, 1.165) is 0 Å². The molecular weight excluding hydrogens is 282 g/mol. The predicted octanol–water partition coefficient (Wildman–Crippen LogP) is 4.02. The van der Waals surface area contributed by atoms with Gasteiger partial charge in [0, 0.05) is 10.0 Å². The lowest BCUT2D eigenvalue weighted by atomic mass is 9.81. The Kier molecular flexibility index (Phi) is 3.90. The van der Waals surface area contributed by atoms with E-state index in [0.29, 0.717) is 16.5 Å². The lowest BCUT2D eigenvalue weighted by molar-refractivity contribution is -0.116. The van der Waals surface area contributed by atoms with Crippen molar-refractivity contribution in [3.8, 4) is 0 Å². The normalized spacial score (nSPS) is 14.7. The van der Waals surface area contributed by atoms with Crippen molar-refractivity contribution in [1.82, 2.24) is 0 Å². The van der Waals surface area contributed by atoms with Gasteiger partial charge in [-0.05, 0) is 37.1 Å². The highest BCUT2D eigenvalue weighted by molar-refractivity contribution is 9.10. The number of carbonyl (C=O) groups is 1. The third kappa shape index (κ3) is 2.40. The molecule has 0 aliphatic carbocycles. The molecule has 0 fully saturated rings. The molecule has 0 saturated carbocycles. The molecule has 0 spiro atoms. The first kappa shape index (κ1) is 12.7. The molecule has 1 aromatic carbocycles. The first-order valence-corrected chi connectivity index (χ1v) is 5.74. The number of benzene rings is 1. The van der Waals surface area contributed by atoms with Gasteiger partial charge in [0.15, 0.2) is 0 Å². The van der Waals surface area contributed by atoms with Gasteiger partial charge >= 0.3 is 0 Å². The lowest BCUT2D eigenvalue weighted by Crippen LogP contribution is -2.29. The Labute approximate surface area is 102 Å². The van der Waals surface area contributed by atoms with E-state index in [1.807, 2.05) is 6.92 Å². The fourth-order valence-corrected chi connectivity index (χ4v) is 1.94. The van der Waals surface area contributed by atoms with Crippen molar-refractivity contribution in [2.75, 3.05) is 0 Å². The van der Waals surface area contributed by atoms with Gasteiger partial charge in [0.2, 0.25) is 5.24 Å². The Hall–Kier alpha value is -0.410. The maximum Gasteiger partial charge on any atom is 0.232 e. The fraction of sp³-hybridized carbons (Fsp3) is 0.364. The second kappa shape index (κ2) is 4.62. The van der Waals surface area contributed by atoms with Crippen LogP contribution in [0.5, 0.6) is 0 Å². The van der Waals surface area contributed by atoms with Gasteiger partial charge in [0.25, 0.3) is 0 Å². The Morgan fingerprint density at radius 1 is 1.60 bits per heavy atom. The van der Waals surface area contributed by atoms with E-state index in [4.69, 9.17) is 11.6 Å². The second-order valence-electron chi connectivity index (χ2n) is 3.58. The maximum absolute atomic E-state index is 13.7. The van der Waals surface area contributed by atoms with E-state index in [9.17, 15) is 9.18 Å². The molecule has 0 aromatic heterocycles. The van der Waals surface area contributed by atoms with Crippen LogP contribution in [0, 0.1) is 5.82 Å². The molecule has 0 radical (unpaired) electrons. The molecule has 1 nitrogen and oxygen atoms in total. The zero-order valence-electron chi connectivity index (χ0n) is 8.48. The zero-order chi connectivity index (χ0) is 11.6. The highest BCUT2D eigenvalue weighted by Gasteiger charge is 2.34. The van der Waals surface area contributed by atoms with Crippen molar-refractivity contribution in [2.45, 2.75) is 25.7 Å². The number of halogens is 3. The summed E-state index contributed by atoms with van der Waals surface area (Å²) in [6, 6.07) is 4.62. The van der Waals surface area contributed by atoms with Gasteiger partial charge in [-0.25, -0.2) is 4.39 Å². The highest BCUT2D eigenvalue weighted by Crippen LogP contribution is 2.33. The Bertz CT molecular complexity index is 394. The Morgan fingerprint density at radius 3 is 2.60 bits per heavy atom. The van der Waals surface area contributed by atoms with Crippen LogP contribution in [-0.4, -0.2) is 5.24 Å². The van der Waals surface area contributed by atoms with Crippen LogP contribution in [-0.2, 0) is 10.2 Å². The summed E-state index contributed by atoms with van der Waals surface area (Å²) in [6.07, 6.45) is 0.466. The van der Waals surface area contributed by atoms with Gasteiger partial charge in [-0.15, -0.1) is 0 Å². The van der Waals surface area contributed by atoms with Crippen molar-refractivity contribution >= 4 is 32.8 Å². The molecule has 0 aliphatic heterocycles. The topological polar surface area (TPSA) is 17.1 Å². The molecule has 4 heteroatoms. The third-order valence-corrected chi connectivity index (χ3v) is 3.58. The van der Waals surface area contributed by atoms with Crippen LogP contribution >= 0.6 is 27.5 Å². The summed E-state index contributed by atoms with van der Waals surface area (Å²) in [7, 11) is 0. The highest BCUT2D eigenvalue weighted by atomic mass is 79.9. The van der Waals surface area contributed by atoms with Crippen LogP contribution in [0.4, 0.5) is 4.39 Å². The van der Waals surface area contributed by atoms with E-state index < -0.39 is 16.5 Å². The van der Waals surface area contributed by atoms with Crippen LogP contribution in [0.1, 0.15) is 25.8 Å². The van der Waals surface area contributed by atoms with Gasteiger partial charge in [0.05, 0.1) is 5.41 Å². The average molecular weight is 294 g/mol. The smallest absolute Gasteiger partial charge is 0.232 e. The quantitative estimate of drug-likeness (QED) is 0.769. The molecule has 1 aromatic rings. The number of carbonyl (C=O) groups excluding carboxylic acids is 1. The van der Waals surface area contributed by atoms with E-state index in [1.165, 1.54) is 6.07 Å². The average Bonchev–Trinajstić information content (AvgIpc) is 2.16. The van der Waals surface area contributed by atoms with Crippen LogP contribution in [0.25, 0.3) is 0 Å². The largest absolute Gasteiger partial charge is 0.280 e. The molecule has 1 atom stereocenters. The van der Waals surface area contributed by atoms with E-state index in [-0.39, 0.29) is 0 Å². The van der Waals surface area contributed by atoms with Crippen molar-refractivity contribution in [1.29, 1.82) is 0 Å². The standard InChI is InChI=1S/C11H11BrClFO/c1-3-11(2,10(13)15)8-5-4-7(12)6-9(8)14/h4-6H,3H2,1-2H3. The summed E-state index contributed by atoms with van der Waals surface area (Å²) in [5, 5.41) is -0.536. The van der Waals surface area contributed by atoms with Crippen LogP contribution in [0.3, 0.4) is 0 Å². The van der Waals surface area contributed by atoms with Crippen LogP contribution in [0.2, 0.25) is 0 Å². The Balaban J connectivity index is 3.30. The summed E-state index contributed by atoms with van der Waals surface area (Å²) < 4.78 is 14.3. The molecule has 0 heterocycles. The predicted molar refractivity (Wildman–Crippen MR) is 62.6 cm³/mol. The minimum atomic E-state index is -0.952. The molecular formula is C11H11BrClFO. The van der Waals surface area contributed by atoms with Crippen molar-refractivity contribution in [2.24, 2.45) is 0 Å². The number of hydrogen-bond donors (Lipinski definition) is 0. The molecule has 82 valence electrons. The molecule has 1 rings (SSSR count). The first-order valence-electron chi connectivity index (χ1n) is 4.57. The second-order valence-corrected chi connectivity index (χ2v) is 4.84. The van der Waals surface area contributed by atoms with Crippen LogP contribution in [0.15, 0.2) is 22.7 Å². The molecule has 1 unspecified atom stereocenters. The number of hydrogen-bond acceptors (Lipinski definition) is 1. The van der Waals surface area contributed by atoms with E-state index in [1.54, 1.807) is 19.1 Å². The molecule has 0 bridgehead atoms. The minimum Gasteiger partial charge on any atom is -0.280 e. The van der Waals surface area contributed by atoms with Crippen LogP contribution < -0.4 is 0 Å². The molecule has 0 N–H and O–H groups in total. The summed E-state index contributed by atoms with van der Waals surface area (Å²) in [5.74, 6) is -0.414. The van der Waals surface area contributed by atoms with Crippen molar-refractivity contribution < 1.29 is 9.18 Å². The molecule has 0 amide bonds. The summed E-state index contributed by atoms with van der Waals surface area (Å²) in [4.78, 5) is 11.3. The SMILES string of the molecule is CCC(C)(C(=O)Cl)c1ccc(Br)cc1F. The zero-order valence-corrected chi connectivity index (χ0v) is 10.8. The monoisotopic (exact) mass is 292 g/mol. The van der Waals surface area contributed by atoms with Gasteiger partial charge in [-0.1, -0.05) is 28.9 Å². The van der Waals surface area contributed by atoms with E-state index >= 15 is 0 Å². The van der Waals surface area contributed by atoms with Gasteiger partial charge < -0.3 is 0 Å². The molecule has 15 heavy (non-hydrogen) atoms. The minimum absolute atomic E-state index is 0.341. The van der Waals surface area contributed by atoms with Crippen molar-refractivity contribution in [3.05, 3.63) is 34.1 Å².